The summed E-state index contributed by atoms with van der Waals surface area (Å²) in [6.45, 7) is 13.2. The van der Waals surface area contributed by atoms with Crippen molar-refractivity contribution >= 4 is 47.8 Å². The molecule has 0 radical (unpaired) electrons. The normalized spacial score (nSPS) is 15.5. The van der Waals surface area contributed by atoms with E-state index in [1.807, 2.05) is 57.9 Å². The molecule has 0 aliphatic carbocycles. The van der Waals surface area contributed by atoms with Gasteiger partial charge in [0.2, 0.25) is 0 Å². The predicted octanol–water partition coefficient (Wildman–Crippen LogP) is 6.59. The quantitative estimate of drug-likeness (QED) is 0.132. The maximum atomic E-state index is 12.4. The number of carbonyl (C=O) groups excluding carboxylic acids is 1. The van der Waals surface area contributed by atoms with Gasteiger partial charge in [0, 0.05) is 58.7 Å². The van der Waals surface area contributed by atoms with Crippen molar-refractivity contribution in [3.05, 3.63) is 59.8 Å². The molecular formula is C32H37ClN8O3Si. The van der Waals surface area contributed by atoms with Crippen LogP contribution in [0.5, 0.6) is 11.5 Å². The van der Waals surface area contributed by atoms with Crippen LogP contribution in [0.2, 0.25) is 30.7 Å². The van der Waals surface area contributed by atoms with Gasteiger partial charge in [0.1, 0.15) is 34.6 Å². The first-order valence-electron chi connectivity index (χ1n) is 15.4. The molecule has 45 heavy (non-hydrogen) atoms. The van der Waals surface area contributed by atoms with Crippen LogP contribution < -0.4 is 4.74 Å². The summed E-state index contributed by atoms with van der Waals surface area (Å²) in [5.41, 5.74) is 4.53. The fourth-order valence-electron chi connectivity index (χ4n) is 5.51. The topological polar surface area (TPSA) is 103 Å². The maximum Gasteiger partial charge on any atom is 0.320 e. The third-order valence-corrected chi connectivity index (χ3v) is 10.6. The van der Waals surface area contributed by atoms with E-state index in [4.69, 9.17) is 31.0 Å². The molecule has 0 atom stereocenters. The van der Waals surface area contributed by atoms with E-state index in [1.54, 1.807) is 12.4 Å². The van der Waals surface area contributed by atoms with Gasteiger partial charge in [-0.1, -0.05) is 31.2 Å². The zero-order chi connectivity index (χ0) is 31.3. The second-order valence-electron chi connectivity index (χ2n) is 13.1. The Kier molecular flexibility index (Phi) is 7.74. The van der Waals surface area contributed by atoms with E-state index >= 15 is 0 Å². The molecule has 7 rings (SSSR count). The molecule has 0 bridgehead atoms. The van der Waals surface area contributed by atoms with Crippen molar-refractivity contribution in [1.82, 2.24) is 39.1 Å². The highest BCUT2D eigenvalue weighted by molar-refractivity contribution is 6.76. The van der Waals surface area contributed by atoms with E-state index in [0.29, 0.717) is 53.1 Å². The highest BCUT2D eigenvalue weighted by atomic mass is 35.5. The first-order valence-corrected chi connectivity index (χ1v) is 19.5. The Bertz CT molecular complexity index is 1890. The summed E-state index contributed by atoms with van der Waals surface area (Å²) < 4.78 is 16.3. The summed E-state index contributed by atoms with van der Waals surface area (Å²) in [6.07, 6.45) is 6.55. The Balaban J connectivity index is 1.07. The number of hydrogen-bond acceptors (Lipinski definition) is 7. The molecular weight excluding hydrogens is 608 g/mol. The molecule has 2 saturated heterocycles. The summed E-state index contributed by atoms with van der Waals surface area (Å²) in [6, 6.07) is 10.9. The molecule has 3 aromatic heterocycles. The molecule has 0 unspecified atom stereocenters. The van der Waals surface area contributed by atoms with Gasteiger partial charge in [-0.2, -0.15) is 5.10 Å². The van der Waals surface area contributed by atoms with E-state index in [2.05, 4.69) is 34.3 Å². The zero-order valence-corrected chi connectivity index (χ0v) is 27.8. The number of benzene rings is 2. The Hall–Kier alpha value is -4.00. The van der Waals surface area contributed by atoms with Gasteiger partial charge >= 0.3 is 6.03 Å². The number of halogens is 1. The van der Waals surface area contributed by atoms with Crippen molar-refractivity contribution in [3.8, 4) is 22.8 Å². The van der Waals surface area contributed by atoms with Crippen molar-refractivity contribution in [2.75, 3.05) is 32.8 Å². The van der Waals surface area contributed by atoms with Crippen LogP contribution >= 0.6 is 11.6 Å². The fourth-order valence-corrected chi connectivity index (χ4v) is 6.51. The zero-order valence-electron chi connectivity index (χ0n) is 26.0. The second kappa shape index (κ2) is 11.7. The van der Waals surface area contributed by atoms with Gasteiger partial charge in [0.15, 0.2) is 0 Å². The smallest absolute Gasteiger partial charge is 0.320 e. The van der Waals surface area contributed by atoms with Gasteiger partial charge in [-0.05, 0) is 43.7 Å². The fraction of sp³-hybridized carbons (Fsp3) is 0.406. The SMILES string of the molecule is Cc1nc2ccc(Oc3ccc4ncc(-c5cnn(C6CN(C(=O)N7CCC7)C6)c5)nc4c3Cl)cc2n1COCC[Si](C)(C)C. The molecule has 11 nitrogen and oxygen atoms in total. The number of likely N-dealkylation sites (tertiary alicyclic amines) is 2. The summed E-state index contributed by atoms with van der Waals surface area (Å²) in [5, 5.41) is 4.94. The lowest BCUT2D eigenvalue weighted by Gasteiger charge is -2.44. The number of imidazole rings is 1. The number of amides is 2. The van der Waals surface area contributed by atoms with Crippen LogP contribution in [0.3, 0.4) is 0 Å². The number of ether oxygens (including phenoxy) is 2. The van der Waals surface area contributed by atoms with E-state index in [-0.39, 0.29) is 12.1 Å². The lowest BCUT2D eigenvalue weighted by Crippen LogP contribution is -2.58. The molecule has 2 aliphatic heterocycles. The number of rotatable bonds is 9. The molecule has 234 valence electrons. The van der Waals surface area contributed by atoms with Gasteiger partial charge in [0.25, 0.3) is 0 Å². The monoisotopic (exact) mass is 644 g/mol. The summed E-state index contributed by atoms with van der Waals surface area (Å²) >= 11 is 6.88. The third-order valence-electron chi connectivity index (χ3n) is 8.50. The number of nitrogens with zero attached hydrogens (tertiary/aromatic N) is 8. The lowest BCUT2D eigenvalue weighted by atomic mass is 10.1. The van der Waals surface area contributed by atoms with Gasteiger partial charge in [-0.15, -0.1) is 0 Å². The Morgan fingerprint density at radius 2 is 1.84 bits per heavy atom. The van der Waals surface area contributed by atoms with Crippen molar-refractivity contribution in [2.45, 2.75) is 51.8 Å². The third kappa shape index (κ3) is 6.01. The molecule has 0 N–H and O–H groups in total. The van der Waals surface area contributed by atoms with Crippen LogP contribution in [0.4, 0.5) is 4.79 Å². The Morgan fingerprint density at radius 1 is 1.04 bits per heavy atom. The van der Waals surface area contributed by atoms with Gasteiger partial charge < -0.3 is 23.8 Å². The first-order chi connectivity index (χ1) is 21.6. The van der Waals surface area contributed by atoms with E-state index in [0.717, 1.165) is 54.6 Å². The predicted molar refractivity (Wildman–Crippen MR) is 177 cm³/mol. The van der Waals surface area contributed by atoms with Crippen LogP contribution in [0, 0.1) is 6.92 Å². The number of urea groups is 1. The maximum absolute atomic E-state index is 12.4. The summed E-state index contributed by atoms with van der Waals surface area (Å²) in [7, 11) is -1.17. The molecule has 0 spiro atoms. The van der Waals surface area contributed by atoms with Crippen LogP contribution in [-0.2, 0) is 11.5 Å². The number of aromatic nitrogens is 6. The highest BCUT2D eigenvalue weighted by Crippen LogP contribution is 2.36. The van der Waals surface area contributed by atoms with E-state index in [1.165, 1.54) is 0 Å². The average molecular weight is 645 g/mol. The van der Waals surface area contributed by atoms with Gasteiger partial charge in [-0.25, -0.2) is 14.8 Å². The van der Waals surface area contributed by atoms with E-state index < -0.39 is 8.07 Å². The largest absolute Gasteiger partial charge is 0.456 e. The molecule has 13 heteroatoms. The molecule has 2 amide bonds. The molecule has 2 aromatic carbocycles. The summed E-state index contributed by atoms with van der Waals surface area (Å²) in [4.78, 5) is 30.3. The Morgan fingerprint density at radius 3 is 2.60 bits per heavy atom. The minimum absolute atomic E-state index is 0.125. The molecule has 2 aliphatic rings. The molecule has 2 fully saturated rings. The number of carbonyl (C=O) groups is 1. The van der Waals surface area contributed by atoms with Crippen LogP contribution in [0.1, 0.15) is 18.3 Å². The Labute approximate surface area is 267 Å². The first kappa shape index (κ1) is 29.7. The van der Waals surface area contributed by atoms with Gasteiger partial charge in [0.05, 0.1) is 40.7 Å². The lowest BCUT2D eigenvalue weighted by molar-refractivity contribution is 0.0741. The number of fused-ring (bicyclic) bond motifs is 2. The highest BCUT2D eigenvalue weighted by Gasteiger charge is 2.36. The van der Waals surface area contributed by atoms with Crippen molar-refractivity contribution in [3.63, 3.8) is 0 Å². The average Bonchev–Trinajstić information content (AvgIpc) is 3.54. The number of hydrogen-bond donors (Lipinski definition) is 0. The van der Waals surface area contributed by atoms with Crippen LogP contribution in [0.25, 0.3) is 33.3 Å². The second-order valence-corrected chi connectivity index (χ2v) is 19.1. The van der Waals surface area contributed by atoms with Crippen LogP contribution in [0.15, 0.2) is 48.9 Å². The van der Waals surface area contributed by atoms with E-state index in [9.17, 15) is 4.79 Å². The van der Waals surface area contributed by atoms with Crippen molar-refractivity contribution in [2.24, 2.45) is 0 Å². The van der Waals surface area contributed by atoms with Gasteiger partial charge in [-0.3, -0.25) is 9.67 Å². The van der Waals surface area contributed by atoms with Crippen LogP contribution in [-0.4, -0.2) is 86.0 Å². The molecule has 0 saturated carbocycles. The minimum Gasteiger partial charge on any atom is -0.456 e. The summed E-state index contributed by atoms with van der Waals surface area (Å²) in [5.74, 6) is 2.01. The minimum atomic E-state index is -1.17. The molecule has 5 heterocycles. The number of aryl methyl sites for hydroxylation is 1. The van der Waals surface area contributed by atoms with Crippen molar-refractivity contribution < 1.29 is 14.3 Å². The van der Waals surface area contributed by atoms with Crippen molar-refractivity contribution in [1.29, 1.82) is 0 Å². The molecule has 5 aromatic rings. The standard InChI is InChI=1S/C32H37ClN8O3Si/c1-21-36-25-7-6-24(14-28(25)40(21)20-43-12-13-45(2,3)4)44-29-9-8-26-31(30(29)33)37-27(16-34-26)22-15-35-41(17-22)23-18-39(19-23)32(42)38-10-5-11-38/h6-9,14-17,23H,5,10-13,18-20H2,1-4H3.